The molecule has 0 spiro atoms. The fourth-order valence-corrected chi connectivity index (χ4v) is 3.94. The predicted octanol–water partition coefficient (Wildman–Crippen LogP) is 1.53. The van der Waals surface area contributed by atoms with Crippen LogP contribution in [-0.4, -0.2) is 47.8 Å². The average molecular weight is 462 g/mol. The van der Waals surface area contributed by atoms with Crippen LogP contribution in [0, 0.1) is 6.92 Å². The topological polar surface area (TPSA) is 150 Å². The van der Waals surface area contributed by atoms with E-state index in [0.29, 0.717) is 35.2 Å². The number of amides is 1. The number of anilines is 1. The first-order chi connectivity index (χ1) is 16.4. The zero-order valence-corrected chi connectivity index (χ0v) is 18.8. The van der Waals surface area contributed by atoms with Gasteiger partial charge in [0.15, 0.2) is 11.5 Å². The summed E-state index contributed by atoms with van der Waals surface area (Å²) in [6.07, 6.45) is 1.90. The number of hydrogen-bond donors (Lipinski definition) is 2. The summed E-state index contributed by atoms with van der Waals surface area (Å²) in [6, 6.07) is 6.69. The fraction of sp³-hybridized carbons (Fsp3) is 0.318. The number of H-pyrrole nitrogens is 1. The van der Waals surface area contributed by atoms with Gasteiger partial charge in [0.05, 0.1) is 18.1 Å². The summed E-state index contributed by atoms with van der Waals surface area (Å²) in [6.45, 7) is 3.83. The molecule has 4 aromatic rings. The van der Waals surface area contributed by atoms with E-state index >= 15 is 0 Å². The van der Waals surface area contributed by atoms with Gasteiger partial charge >= 0.3 is 5.69 Å². The van der Waals surface area contributed by atoms with Gasteiger partial charge in [-0.3, -0.25) is 19.1 Å². The number of pyridine rings is 1. The van der Waals surface area contributed by atoms with E-state index < -0.39 is 17.2 Å². The number of benzene rings is 1. The summed E-state index contributed by atoms with van der Waals surface area (Å²) in [5.41, 5.74) is 0.863. The van der Waals surface area contributed by atoms with Crippen molar-refractivity contribution in [2.75, 3.05) is 12.4 Å². The minimum atomic E-state index is -0.649. The third-order valence-electron chi connectivity index (χ3n) is 5.82. The van der Waals surface area contributed by atoms with Crippen LogP contribution in [0.1, 0.15) is 47.6 Å². The molecular formula is C22H22N8O4. The number of methoxy groups -OCH3 is 1. The molecule has 34 heavy (non-hydrogen) atoms. The monoisotopic (exact) mass is 462 g/mol. The van der Waals surface area contributed by atoms with Crippen molar-refractivity contribution in [3.63, 3.8) is 0 Å². The lowest BCUT2D eigenvalue weighted by Crippen LogP contribution is -2.32. The molecule has 0 aliphatic heterocycles. The smallest absolute Gasteiger partial charge is 0.329 e. The third kappa shape index (κ3) is 3.62. The molecule has 2 N–H and O–H groups in total. The molecule has 3 aromatic heterocycles. The summed E-state index contributed by atoms with van der Waals surface area (Å²) >= 11 is 0. The molecule has 174 valence electrons. The van der Waals surface area contributed by atoms with E-state index in [0.717, 1.165) is 12.8 Å². The molecule has 1 fully saturated rings. The number of carbonyl (C=O) groups excluding carboxylic acids is 1. The van der Waals surface area contributed by atoms with Crippen molar-refractivity contribution in [3.05, 3.63) is 62.2 Å². The van der Waals surface area contributed by atoms with Crippen LogP contribution in [0.2, 0.25) is 0 Å². The van der Waals surface area contributed by atoms with Crippen molar-refractivity contribution in [2.45, 2.75) is 39.2 Å². The lowest BCUT2D eigenvalue weighted by atomic mass is 10.1. The minimum Gasteiger partial charge on any atom is -0.494 e. The fourth-order valence-electron chi connectivity index (χ4n) is 3.94. The summed E-state index contributed by atoms with van der Waals surface area (Å²) in [5.74, 6) is 0.777. The first-order valence-corrected chi connectivity index (χ1v) is 10.8. The molecule has 0 saturated heterocycles. The zero-order chi connectivity index (χ0) is 24.0. The van der Waals surface area contributed by atoms with Gasteiger partial charge in [-0.2, -0.15) is 4.68 Å². The Hall–Kier alpha value is -4.35. The van der Waals surface area contributed by atoms with Crippen molar-refractivity contribution in [1.82, 2.24) is 34.7 Å². The Morgan fingerprint density at radius 3 is 2.71 bits per heavy atom. The van der Waals surface area contributed by atoms with E-state index in [-0.39, 0.29) is 22.5 Å². The van der Waals surface area contributed by atoms with Crippen LogP contribution in [-0.2, 0) is 6.54 Å². The largest absolute Gasteiger partial charge is 0.494 e. The van der Waals surface area contributed by atoms with E-state index in [1.165, 1.54) is 16.4 Å². The number of aromatic nitrogens is 7. The molecule has 0 bridgehead atoms. The minimum absolute atomic E-state index is 0.0772. The molecule has 1 aromatic carbocycles. The maximum absolute atomic E-state index is 13.4. The van der Waals surface area contributed by atoms with Gasteiger partial charge in [-0.1, -0.05) is 0 Å². The highest BCUT2D eigenvalue weighted by atomic mass is 16.5. The van der Waals surface area contributed by atoms with Gasteiger partial charge in [0, 0.05) is 23.8 Å². The predicted molar refractivity (Wildman–Crippen MR) is 123 cm³/mol. The molecule has 1 aliphatic rings. The number of carbonyl (C=O) groups is 1. The number of aromatic amines is 1. The van der Waals surface area contributed by atoms with Crippen LogP contribution in [0.3, 0.4) is 0 Å². The van der Waals surface area contributed by atoms with Gasteiger partial charge in [-0.25, -0.2) is 9.78 Å². The Bertz CT molecular complexity index is 1550. The summed E-state index contributed by atoms with van der Waals surface area (Å²) in [4.78, 5) is 45.4. The van der Waals surface area contributed by atoms with Gasteiger partial charge < -0.3 is 10.1 Å². The number of aryl methyl sites for hydroxylation is 2. The molecule has 1 saturated carbocycles. The van der Waals surface area contributed by atoms with Crippen LogP contribution < -0.4 is 21.3 Å². The van der Waals surface area contributed by atoms with Crippen molar-refractivity contribution >= 4 is 22.6 Å². The highest BCUT2D eigenvalue weighted by Gasteiger charge is 2.28. The van der Waals surface area contributed by atoms with E-state index in [2.05, 4.69) is 30.8 Å². The molecule has 5 rings (SSSR count). The van der Waals surface area contributed by atoms with Gasteiger partial charge in [-0.15, -0.1) is 5.10 Å². The molecule has 0 unspecified atom stereocenters. The second-order valence-corrected chi connectivity index (χ2v) is 8.05. The number of nitrogens with one attached hydrogen (secondary N) is 2. The standard InChI is InChI=1S/C22H22N8O4/c1-4-29-19-18(21(32)25-22(29)33)14(10-15(24-19)12-5-6-12)20(31)23-13-7-8-17(34-3)16(9-13)30-11(2)26-27-28-30/h7-10,12H,4-6H2,1-3H3,(H,23,31)(H,25,32,33). The van der Waals surface area contributed by atoms with Gasteiger partial charge in [0.1, 0.15) is 11.4 Å². The second kappa shape index (κ2) is 8.21. The lowest BCUT2D eigenvalue weighted by molar-refractivity contribution is 0.102. The van der Waals surface area contributed by atoms with Crippen LogP contribution in [0.25, 0.3) is 16.7 Å². The van der Waals surface area contributed by atoms with Crippen molar-refractivity contribution in [3.8, 4) is 11.4 Å². The first-order valence-electron chi connectivity index (χ1n) is 10.8. The Morgan fingerprint density at radius 1 is 1.26 bits per heavy atom. The van der Waals surface area contributed by atoms with Gasteiger partial charge in [-0.05, 0) is 61.4 Å². The molecule has 0 radical (unpaired) electrons. The lowest BCUT2D eigenvalue weighted by Gasteiger charge is -2.14. The van der Waals surface area contributed by atoms with Crippen LogP contribution in [0.5, 0.6) is 5.75 Å². The van der Waals surface area contributed by atoms with Crippen LogP contribution in [0.15, 0.2) is 33.9 Å². The third-order valence-corrected chi connectivity index (χ3v) is 5.82. The number of nitrogens with zero attached hydrogens (tertiary/aromatic N) is 6. The maximum atomic E-state index is 13.4. The second-order valence-electron chi connectivity index (χ2n) is 8.05. The average Bonchev–Trinajstić information content (AvgIpc) is 3.59. The van der Waals surface area contributed by atoms with Gasteiger partial charge in [0.25, 0.3) is 11.5 Å². The highest BCUT2D eigenvalue weighted by molar-refractivity contribution is 6.12. The highest BCUT2D eigenvalue weighted by Crippen LogP contribution is 2.40. The normalized spacial score (nSPS) is 13.3. The Balaban J connectivity index is 1.62. The van der Waals surface area contributed by atoms with E-state index in [4.69, 9.17) is 4.74 Å². The van der Waals surface area contributed by atoms with Crippen molar-refractivity contribution in [2.24, 2.45) is 0 Å². The molecule has 3 heterocycles. The van der Waals surface area contributed by atoms with Gasteiger partial charge in [0.2, 0.25) is 0 Å². The Kier molecular flexibility index (Phi) is 5.19. The molecule has 0 atom stereocenters. The summed E-state index contributed by atoms with van der Waals surface area (Å²) in [5, 5.41) is 14.4. The summed E-state index contributed by atoms with van der Waals surface area (Å²) in [7, 11) is 1.53. The number of tetrazole rings is 1. The van der Waals surface area contributed by atoms with Crippen LogP contribution in [0.4, 0.5) is 5.69 Å². The molecule has 12 nitrogen and oxygen atoms in total. The SMILES string of the molecule is CCn1c(=O)[nH]c(=O)c2c(C(=O)Nc3ccc(OC)c(-n4nnnc4C)c3)cc(C3CC3)nc21. The quantitative estimate of drug-likeness (QED) is 0.438. The number of fused-ring (bicyclic) bond motifs is 1. The number of ether oxygens (including phenoxy) is 1. The maximum Gasteiger partial charge on any atom is 0.329 e. The van der Waals surface area contributed by atoms with Crippen LogP contribution >= 0.6 is 0 Å². The Labute approximate surface area is 192 Å². The van der Waals surface area contributed by atoms with E-state index in [1.54, 1.807) is 38.1 Å². The van der Waals surface area contributed by atoms with E-state index in [1.807, 2.05) is 0 Å². The molecule has 1 amide bonds. The van der Waals surface area contributed by atoms with Crippen molar-refractivity contribution in [1.29, 1.82) is 0 Å². The molecule has 12 heteroatoms. The Morgan fingerprint density at radius 2 is 2.06 bits per heavy atom. The number of rotatable bonds is 6. The zero-order valence-electron chi connectivity index (χ0n) is 18.8. The first kappa shape index (κ1) is 21.5. The van der Waals surface area contributed by atoms with E-state index in [9.17, 15) is 14.4 Å². The summed E-state index contributed by atoms with van der Waals surface area (Å²) < 4.78 is 8.27. The number of hydrogen-bond acceptors (Lipinski definition) is 8. The molecular weight excluding hydrogens is 440 g/mol. The van der Waals surface area contributed by atoms with Crippen molar-refractivity contribution < 1.29 is 9.53 Å². The molecule has 1 aliphatic carbocycles.